The quantitative estimate of drug-likeness (QED) is 0.0866. The van der Waals surface area contributed by atoms with E-state index in [0.717, 1.165) is 38.5 Å². The van der Waals surface area contributed by atoms with Crippen LogP contribution >= 0.6 is 0 Å². The van der Waals surface area contributed by atoms with Crippen LogP contribution in [0.2, 0.25) is 0 Å². The molecule has 10 nitrogen and oxygen atoms in total. The smallest absolute Gasteiger partial charge is 0.333 e. The largest absolute Gasteiger partial charge is 0.463 e. The number of carbonyl (C=O) groups excluding carboxylic acids is 4. The number of carbonyl (C=O) groups is 4. The van der Waals surface area contributed by atoms with Crippen molar-refractivity contribution in [1.29, 1.82) is 0 Å². The van der Waals surface area contributed by atoms with E-state index in [0.29, 0.717) is 24.0 Å². The topological polar surface area (TPSA) is 124 Å². The van der Waals surface area contributed by atoms with Gasteiger partial charge in [-0.25, -0.2) is 9.59 Å². The van der Waals surface area contributed by atoms with Crippen molar-refractivity contribution in [3.63, 3.8) is 0 Å². The Balaban J connectivity index is 3.38. The minimum absolute atomic E-state index is 0.133. The third-order valence-corrected chi connectivity index (χ3v) is 4.61. The molecule has 0 bridgehead atoms. The summed E-state index contributed by atoms with van der Waals surface area (Å²) >= 11 is 0. The molecule has 0 amide bonds. The lowest BCUT2D eigenvalue weighted by atomic mass is 10.1. The maximum absolute atomic E-state index is 11.7. The second-order valence-corrected chi connectivity index (χ2v) is 8.12. The molecule has 0 radical (unpaired) electrons. The fourth-order valence-electron chi connectivity index (χ4n) is 2.66. The van der Waals surface area contributed by atoms with Crippen LogP contribution in [0, 0.1) is 0 Å². The Morgan fingerprint density at radius 2 is 0.778 bits per heavy atom. The third kappa shape index (κ3) is 21.8. The number of ether oxygens (including phenoxy) is 6. The highest BCUT2D eigenvalue weighted by molar-refractivity contribution is 5.87. The van der Waals surface area contributed by atoms with Gasteiger partial charge in [0.1, 0.15) is 26.4 Å². The zero-order valence-corrected chi connectivity index (χ0v) is 21.8. The summed E-state index contributed by atoms with van der Waals surface area (Å²) in [6, 6.07) is 0. The summed E-state index contributed by atoms with van der Waals surface area (Å²) in [5, 5.41) is 0. The van der Waals surface area contributed by atoms with Gasteiger partial charge in [0.15, 0.2) is 0 Å². The van der Waals surface area contributed by atoms with Gasteiger partial charge in [-0.1, -0.05) is 38.8 Å². The maximum Gasteiger partial charge on any atom is 0.333 e. The Hall–Kier alpha value is -2.72. The molecule has 0 N–H and O–H groups in total. The van der Waals surface area contributed by atoms with Gasteiger partial charge in [0, 0.05) is 24.0 Å². The van der Waals surface area contributed by atoms with Crippen LogP contribution < -0.4 is 0 Å². The van der Waals surface area contributed by atoms with Crippen LogP contribution in [0.4, 0.5) is 0 Å². The third-order valence-electron chi connectivity index (χ3n) is 4.61. The molecule has 0 atom stereocenters. The summed E-state index contributed by atoms with van der Waals surface area (Å²) in [4.78, 5) is 45.7. The van der Waals surface area contributed by atoms with Crippen LogP contribution in [0.3, 0.4) is 0 Å². The first kappa shape index (κ1) is 33.3. The van der Waals surface area contributed by atoms with Crippen LogP contribution in [-0.4, -0.2) is 76.7 Å². The van der Waals surface area contributed by atoms with Crippen LogP contribution in [-0.2, 0) is 47.6 Å². The fraction of sp³-hybridized carbons (Fsp3) is 0.692. The minimum atomic E-state index is -0.455. The van der Waals surface area contributed by atoms with E-state index in [4.69, 9.17) is 28.4 Å². The Morgan fingerprint density at radius 3 is 1.11 bits per heavy atom. The fourth-order valence-corrected chi connectivity index (χ4v) is 2.66. The summed E-state index contributed by atoms with van der Waals surface area (Å²) in [6.07, 6.45) is 6.04. The van der Waals surface area contributed by atoms with Crippen LogP contribution in [0.1, 0.15) is 65.2 Å². The monoisotopic (exact) mass is 514 g/mol. The molecule has 0 aliphatic carbocycles. The Labute approximate surface area is 214 Å². The van der Waals surface area contributed by atoms with E-state index in [9.17, 15) is 19.2 Å². The highest BCUT2D eigenvalue weighted by Crippen LogP contribution is 2.09. The van der Waals surface area contributed by atoms with Crippen molar-refractivity contribution in [2.45, 2.75) is 65.2 Å². The normalized spacial score (nSPS) is 10.4. The first-order valence-corrected chi connectivity index (χ1v) is 12.4. The molecule has 0 aromatic heterocycles. The zero-order valence-electron chi connectivity index (χ0n) is 21.8. The highest BCUT2D eigenvalue weighted by atomic mass is 16.6. The first-order chi connectivity index (χ1) is 17.2. The number of hydrogen-bond donors (Lipinski definition) is 0. The van der Waals surface area contributed by atoms with E-state index < -0.39 is 11.9 Å². The van der Waals surface area contributed by atoms with E-state index >= 15 is 0 Å². The van der Waals surface area contributed by atoms with Crippen LogP contribution in [0.25, 0.3) is 0 Å². The van der Waals surface area contributed by atoms with Gasteiger partial charge < -0.3 is 28.4 Å². The number of hydrogen-bond acceptors (Lipinski definition) is 10. The van der Waals surface area contributed by atoms with Gasteiger partial charge in [-0.2, -0.15) is 0 Å². The number of unbranched alkanes of at least 4 members (excludes halogenated alkanes) is 5. The molecule has 0 aliphatic rings. The second kappa shape index (κ2) is 22.7. The molecule has 0 fully saturated rings. The summed E-state index contributed by atoms with van der Waals surface area (Å²) in [6.45, 7) is 11.7. The number of esters is 4. The highest BCUT2D eigenvalue weighted by Gasteiger charge is 2.06. The van der Waals surface area contributed by atoms with E-state index in [-0.39, 0.29) is 64.8 Å². The van der Waals surface area contributed by atoms with Gasteiger partial charge in [0.25, 0.3) is 0 Å². The lowest BCUT2D eigenvalue weighted by Crippen LogP contribution is -2.14. The molecule has 0 rings (SSSR count). The van der Waals surface area contributed by atoms with Crippen molar-refractivity contribution in [3.05, 3.63) is 24.3 Å². The molecule has 0 aliphatic heterocycles. The molecule has 36 heavy (non-hydrogen) atoms. The molecule has 0 aromatic carbocycles. The molecular formula is C26H42O10. The Morgan fingerprint density at radius 1 is 0.472 bits per heavy atom. The van der Waals surface area contributed by atoms with Gasteiger partial charge in [-0.15, -0.1) is 0 Å². The zero-order chi connectivity index (χ0) is 27.0. The average Bonchev–Trinajstić information content (AvgIpc) is 2.83. The molecule has 0 saturated heterocycles. The molecule has 0 aromatic rings. The standard InChI is InChI=1S/C26H42O10/c1-21(2)25(29)35-19-15-31-13-17-33-23(27)11-9-7-5-6-8-10-12-24(28)34-18-14-32-16-20-36-26(30)22(3)4/h1,3,5-20H2,2,4H3. The molecule has 0 heterocycles. The van der Waals surface area contributed by atoms with Gasteiger partial charge in [0.05, 0.1) is 26.4 Å². The molecule has 0 spiro atoms. The van der Waals surface area contributed by atoms with Crippen molar-refractivity contribution in [2.75, 3.05) is 52.9 Å². The maximum atomic E-state index is 11.7. The lowest BCUT2D eigenvalue weighted by molar-refractivity contribution is -0.147. The van der Waals surface area contributed by atoms with Crippen molar-refractivity contribution >= 4 is 23.9 Å². The van der Waals surface area contributed by atoms with E-state index in [1.807, 2.05) is 0 Å². The Kier molecular flexibility index (Phi) is 21.0. The van der Waals surface area contributed by atoms with Gasteiger partial charge in [-0.3, -0.25) is 9.59 Å². The van der Waals surface area contributed by atoms with Crippen molar-refractivity contribution in [1.82, 2.24) is 0 Å². The van der Waals surface area contributed by atoms with Gasteiger partial charge in [0.2, 0.25) is 0 Å². The van der Waals surface area contributed by atoms with E-state index in [2.05, 4.69) is 13.2 Å². The SMILES string of the molecule is C=C(C)C(=O)OCCOCCOC(=O)CCCCCCCCC(=O)OCCOCCOC(=O)C(=C)C. The van der Waals surface area contributed by atoms with Crippen LogP contribution in [0.15, 0.2) is 24.3 Å². The van der Waals surface area contributed by atoms with Crippen molar-refractivity contribution in [2.24, 2.45) is 0 Å². The van der Waals surface area contributed by atoms with Gasteiger partial charge in [-0.05, 0) is 26.7 Å². The van der Waals surface area contributed by atoms with E-state index in [1.165, 1.54) is 0 Å². The lowest BCUT2D eigenvalue weighted by Gasteiger charge is -2.07. The molecule has 206 valence electrons. The molecule has 0 unspecified atom stereocenters. The summed E-state index contributed by atoms with van der Waals surface area (Å²) in [5.74, 6) is -1.43. The van der Waals surface area contributed by atoms with E-state index in [1.54, 1.807) is 13.8 Å². The first-order valence-electron chi connectivity index (χ1n) is 12.4. The van der Waals surface area contributed by atoms with Crippen molar-refractivity contribution in [3.8, 4) is 0 Å². The minimum Gasteiger partial charge on any atom is -0.463 e. The second-order valence-electron chi connectivity index (χ2n) is 8.12. The average molecular weight is 515 g/mol. The molecular weight excluding hydrogens is 472 g/mol. The van der Waals surface area contributed by atoms with Gasteiger partial charge >= 0.3 is 23.9 Å². The Bertz CT molecular complexity index is 628. The predicted octanol–water partition coefficient (Wildman–Crippen LogP) is 3.47. The van der Waals surface area contributed by atoms with Crippen LogP contribution in [0.5, 0.6) is 0 Å². The predicted molar refractivity (Wildman–Crippen MR) is 132 cm³/mol. The number of rotatable bonds is 23. The summed E-state index contributed by atoms with van der Waals surface area (Å²) in [7, 11) is 0. The summed E-state index contributed by atoms with van der Waals surface area (Å²) < 4.78 is 30.4. The summed E-state index contributed by atoms with van der Waals surface area (Å²) in [5.41, 5.74) is 0.669. The van der Waals surface area contributed by atoms with Crippen molar-refractivity contribution < 1.29 is 47.6 Å². The molecule has 10 heteroatoms. The molecule has 0 saturated carbocycles.